The standard InChI is InChI=1S/C19H20F2N2O6S2/c1-13-12-22(30(24,25)14-5-6-17-18(11-14)29-10-9-28-17)7-8-23(13)31(26,27)19-15(20)3-2-4-16(19)21/h2-6,11,13H,7-10,12H2,1H3/t13-/m0/s1. The number of hydrogen-bond donors (Lipinski definition) is 0. The Labute approximate surface area is 179 Å². The highest BCUT2D eigenvalue weighted by Crippen LogP contribution is 2.34. The van der Waals surface area contributed by atoms with Crippen molar-refractivity contribution in [2.75, 3.05) is 32.8 Å². The molecule has 2 aliphatic heterocycles. The maximum atomic E-state index is 14.1. The summed E-state index contributed by atoms with van der Waals surface area (Å²) in [7, 11) is -8.44. The SMILES string of the molecule is C[C@H]1CN(S(=O)(=O)c2ccc3c(c2)OCCO3)CCN1S(=O)(=O)c1c(F)cccc1F. The summed E-state index contributed by atoms with van der Waals surface area (Å²) >= 11 is 0. The summed E-state index contributed by atoms with van der Waals surface area (Å²) in [5.41, 5.74) is 0. The first kappa shape index (κ1) is 21.9. The van der Waals surface area contributed by atoms with Gasteiger partial charge in [-0.15, -0.1) is 0 Å². The van der Waals surface area contributed by atoms with E-state index < -0.39 is 42.6 Å². The fourth-order valence-electron chi connectivity index (χ4n) is 3.66. The van der Waals surface area contributed by atoms with Gasteiger partial charge >= 0.3 is 0 Å². The number of nitrogens with zero attached hydrogens (tertiary/aromatic N) is 2. The first-order valence-electron chi connectivity index (χ1n) is 9.48. The normalized spacial score (nSPS) is 20.5. The second kappa shape index (κ2) is 8.01. The lowest BCUT2D eigenvalue weighted by Gasteiger charge is -2.38. The van der Waals surface area contributed by atoms with Gasteiger partial charge in [-0.25, -0.2) is 25.6 Å². The Balaban J connectivity index is 1.58. The van der Waals surface area contributed by atoms with Crippen molar-refractivity contribution in [1.82, 2.24) is 8.61 Å². The van der Waals surface area contributed by atoms with E-state index >= 15 is 0 Å². The minimum absolute atomic E-state index is 0.0135. The second-order valence-corrected chi connectivity index (χ2v) is 10.9. The highest BCUT2D eigenvalue weighted by atomic mass is 32.2. The first-order valence-corrected chi connectivity index (χ1v) is 12.4. The van der Waals surface area contributed by atoms with Crippen LogP contribution in [0.3, 0.4) is 0 Å². The van der Waals surface area contributed by atoms with E-state index in [0.717, 1.165) is 26.8 Å². The monoisotopic (exact) mass is 474 g/mol. The van der Waals surface area contributed by atoms with Gasteiger partial charge in [-0.1, -0.05) is 6.07 Å². The molecule has 0 unspecified atom stereocenters. The van der Waals surface area contributed by atoms with Crippen LogP contribution in [0.1, 0.15) is 6.92 Å². The van der Waals surface area contributed by atoms with Crippen molar-refractivity contribution in [2.45, 2.75) is 22.8 Å². The van der Waals surface area contributed by atoms with E-state index in [0.29, 0.717) is 24.7 Å². The minimum atomic E-state index is -4.49. The van der Waals surface area contributed by atoms with Gasteiger partial charge in [-0.3, -0.25) is 0 Å². The number of ether oxygens (including phenoxy) is 2. The molecule has 0 aromatic heterocycles. The number of sulfonamides is 2. The summed E-state index contributed by atoms with van der Waals surface area (Å²) in [4.78, 5) is -1.05. The van der Waals surface area contributed by atoms with E-state index in [1.54, 1.807) is 0 Å². The Morgan fingerprint density at radius 1 is 0.903 bits per heavy atom. The van der Waals surface area contributed by atoms with Crippen molar-refractivity contribution in [2.24, 2.45) is 0 Å². The third-order valence-electron chi connectivity index (χ3n) is 5.17. The molecule has 1 fully saturated rings. The molecule has 0 bridgehead atoms. The predicted molar refractivity (Wildman–Crippen MR) is 106 cm³/mol. The Bertz CT molecular complexity index is 1200. The zero-order valence-corrected chi connectivity index (χ0v) is 18.1. The quantitative estimate of drug-likeness (QED) is 0.671. The highest BCUT2D eigenvalue weighted by Gasteiger charge is 2.40. The van der Waals surface area contributed by atoms with Crippen LogP contribution in [0.15, 0.2) is 46.2 Å². The molecule has 8 nitrogen and oxygen atoms in total. The fraction of sp³-hybridized carbons (Fsp3) is 0.368. The summed E-state index contributed by atoms with van der Waals surface area (Å²) in [5.74, 6) is -1.63. The molecule has 0 saturated carbocycles. The van der Waals surface area contributed by atoms with E-state index in [2.05, 4.69) is 0 Å². The molecule has 2 aliphatic rings. The van der Waals surface area contributed by atoms with Crippen molar-refractivity contribution in [3.63, 3.8) is 0 Å². The molecule has 0 spiro atoms. The molecule has 0 radical (unpaired) electrons. The minimum Gasteiger partial charge on any atom is -0.486 e. The van der Waals surface area contributed by atoms with Crippen LogP contribution in [0.4, 0.5) is 8.78 Å². The average molecular weight is 475 g/mol. The summed E-state index contributed by atoms with van der Waals surface area (Å²) in [6.45, 7) is 1.57. The van der Waals surface area contributed by atoms with Crippen LogP contribution in [0.2, 0.25) is 0 Å². The van der Waals surface area contributed by atoms with Crippen molar-refractivity contribution in [1.29, 1.82) is 0 Å². The molecule has 0 amide bonds. The summed E-state index contributed by atoms with van der Waals surface area (Å²) in [5, 5.41) is 0. The van der Waals surface area contributed by atoms with Crippen molar-refractivity contribution in [3.8, 4) is 11.5 Å². The maximum absolute atomic E-state index is 14.1. The highest BCUT2D eigenvalue weighted by molar-refractivity contribution is 7.89. The molecule has 2 aromatic rings. The summed E-state index contributed by atoms with van der Waals surface area (Å²) in [6, 6.07) is 6.23. The van der Waals surface area contributed by atoms with E-state index in [-0.39, 0.29) is 24.5 Å². The molecular formula is C19H20F2N2O6S2. The van der Waals surface area contributed by atoms with Crippen LogP contribution in [-0.4, -0.2) is 64.3 Å². The Morgan fingerprint density at radius 2 is 1.55 bits per heavy atom. The van der Waals surface area contributed by atoms with Crippen LogP contribution in [0, 0.1) is 11.6 Å². The Hall–Kier alpha value is -2.28. The van der Waals surface area contributed by atoms with Gasteiger partial charge < -0.3 is 9.47 Å². The van der Waals surface area contributed by atoms with Crippen LogP contribution in [0.25, 0.3) is 0 Å². The van der Waals surface area contributed by atoms with Crippen molar-refractivity contribution < 1.29 is 35.1 Å². The van der Waals surface area contributed by atoms with Gasteiger partial charge in [0.2, 0.25) is 20.0 Å². The van der Waals surface area contributed by atoms with E-state index in [1.807, 2.05) is 0 Å². The van der Waals surface area contributed by atoms with Crippen LogP contribution in [-0.2, 0) is 20.0 Å². The Kier molecular flexibility index (Phi) is 5.66. The van der Waals surface area contributed by atoms with Crippen molar-refractivity contribution >= 4 is 20.0 Å². The lowest BCUT2D eigenvalue weighted by atomic mass is 10.3. The zero-order valence-electron chi connectivity index (χ0n) is 16.5. The van der Waals surface area contributed by atoms with Gasteiger partial charge in [0, 0.05) is 31.7 Å². The molecule has 1 atom stereocenters. The van der Waals surface area contributed by atoms with Crippen LogP contribution in [0.5, 0.6) is 11.5 Å². The van der Waals surface area contributed by atoms with Gasteiger partial charge in [0.25, 0.3) is 0 Å². The van der Waals surface area contributed by atoms with Crippen LogP contribution < -0.4 is 9.47 Å². The van der Waals surface area contributed by atoms with Gasteiger partial charge in [-0.05, 0) is 31.2 Å². The smallest absolute Gasteiger partial charge is 0.249 e. The van der Waals surface area contributed by atoms with E-state index in [9.17, 15) is 25.6 Å². The lowest BCUT2D eigenvalue weighted by molar-refractivity contribution is 0.171. The zero-order chi connectivity index (χ0) is 22.4. The molecule has 4 rings (SSSR count). The molecular weight excluding hydrogens is 454 g/mol. The largest absolute Gasteiger partial charge is 0.486 e. The number of halogens is 2. The number of benzene rings is 2. The van der Waals surface area contributed by atoms with Crippen LogP contribution >= 0.6 is 0 Å². The van der Waals surface area contributed by atoms with E-state index in [4.69, 9.17) is 9.47 Å². The van der Waals surface area contributed by atoms with Gasteiger partial charge in [0.1, 0.15) is 24.8 Å². The Morgan fingerprint density at radius 3 is 2.19 bits per heavy atom. The number of hydrogen-bond acceptors (Lipinski definition) is 6. The lowest BCUT2D eigenvalue weighted by Crippen LogP contribution is -2.55. The first-order chi connectivity index (χ1) is 14.6. The van der Waals surface area contributed by atoms with E-state index in [1.165, 1.54) is 25.1 Å². The molecule has 2 aromatic carbocycles. The van der Waals surface area contributed by atoms with Gasteiger partial charge in [-0.2, -0.15) is 8.61 Å². The molecule has 0 aliphatic carbocycles. The maximum Gasteiger partial charge on any atom is 0.249 e. The van der Waals surface area contributed by atoms with Gasteiger partial charge in [0.15, 0.2) is 16.4 Å². The summed E-state index contributed by atoms with van der Waals surface area (Å²) in [6.07, 6.45) is 0. The molecule has 0 N–H and O–H groups in total. The number of piperazine rings is 1. The second-order valence-electron chi connectivity index (χ2n) is 7.18. The number of rotatable bonds is 4. The number of fused-ring (bicyclic) bond motifs is 1. The van der Waals surface area contributed by atoms with Gasteiger partial charge in [0.05, 0.1) is 4.90 Å². The average Bonchev–Trinajstić information content (AvgIpc) is 2.72. The molecule has 31 heavy (non-hydrogen) atoms. The third kappa shape index (κ3) is 3.88. The topological polar surface area (TPSA) is 93.2 Å². The molecule has 168 valence electrons. The van der Waals surface area contributed by atoms with Crippen molar-refractivity contribution in [3.05, 3.63) is 48.0 Å². The predicted octanol–water partition coefficient (Wildman–Crippen LogP) is 1.82. The fourth-order valence-corrected chi connectivity index (χ4v) is 6.92. The molecule has 1 saturated heterocycles. The molecule has 12 heteroatoms. The summed E-state index contributed by atoms with van der Waals surface area (Å²) < 4.78 is 93.0. The third-order valence-corrected chi connectivity index (χ3v) is 9.09. The molecule has 2 heterocycles.